The first-order valence-electron chi connectivity index (χ1n) is 14.9. The lowest BCUT2D eigenvalue weighted by molar-refractivity contribution is -0.141. The fourth-order valence-electron chi connectivity index (χ4n) is 5.21. The average Bonchev–Trinajstić information content (AvgIpc) is 2.89. The molecule has 7 nitrogen and oxygen atoms in total. The number of ketones is 1. The van der Waals surface area contributed by atoms with Crippen molar-refractivity contribution in [2.75, 3.05) is 27.2 Å². The van der Waals surface area contributed by atoms with E-state index in [0.717, 1.165) is 44.2 Å². The Balaban J connectivity index is 2.07. The molecule has 0 saturated carbocycles. The number of benzene rings is 1. The molecule has 2 amide bonds. The molecule has 1 N–H and O–H groups in total. The van der Waals surface area contributed by atoms with Crippen LogP contribution in [0.15, 0.2) is 35.9 Å². The van der Waals surface area contributed by atoms with Gasteiger partial charge in [0.05, 0.1) is 18.7 Å². The Morgan fingerprint density at radius 1 is 1.12 bits per heavy atom. The third kappa shape index (κ3) is 9.84. The Labute approximate surface area is 242 Å². The van der Waals surface area contributed by atoms with Crippen LogP contribution in [0.1, 0.15) is 85.3 Å². The molecule has 1 heterocycles. The van der Waals surface area contributed by atoms with Crippen LogP contribution in [0.5, 0.6) is 0 Å². The van der Waals surface area contributed by atoms with Gasteiger partial charge in [0.25, 0.3) is 0 Å². The lowest BCUT2D eigenvalue weighted by atomic mass is 9.84. The lowest BCUT2D eigenvalue weighted by Crippen LogP contribution is -2.59. The van der Waals surface area contributed by atoms with Crippen LogP contribution >= 0.6 is 0 Å². The van der Waals surface area contributed by atoms with Gasteiger partial charge in [-0.25, -0.2) is 0 Å². The molecule has 0 aliphatic carbocycles. The van der Waals surface area contributed by atoms with E-state index >= 15 is 0 Å². The summed E-state index contributed by atoms with van der Waals surface area (Å²) < 4.78 is 5.72. The molecule has 1 saturated heterocycles. The van der Waals surface area contributed by atoms with Crippen molar-refractivity contribution in [2.24, 2.45) is 11.3 Å². The number of hydrogen-bond acceptors (Lipinski definition) is 5. The summed E-state index contributed by atoms with van der Waals surface area (Å²) >= 11 is 0. The van der Waals surface area contributed by atoms with E-state index in [-0.39, 0.29) is 42.2 Å². The van der Waals surface area contributed by atoms with E-state index in [9.17, 15) is 14.4 Å². The third-order valence-corrected chi connectivity index (χ3v) is 7.87. The fraction of sp³-hybridized carbons (Fsp3) is 0.667. The van der Waals surface area contributed by atoms with Crippen LogP contribution in [0.3, 0.4) is 0 Å². The number of nitrogens with zero attached hydrogens (tertiary/aromatic N) is 2. The quantitative estimate of drug-likeness (QED) is 0.340. The van der Waals surface area contributed by atoms with Gasteiger partial charge in [0, 0.05) is 7.05 Å². The second kappa shape index (κ2) is 15.5. The van der Waals surface area contributed by atoms with E-state index in [1.165, 1.54) is 5.56 Å². The van der Waals surface area contributed by atoms with Crippen LogP contribution in [0, 0.1) is 11.3 Å². The normalized spacial score (nSPS) is 18.4. The topological polar surface area (TPSA) is 79.0 Å². The molecule has 1 aromatic rings. The molecular formula is C33H53N3O4. The minimum Gasteiger partial charge on any atom is -0.369 e. The summed E-state index contributed by atoms with van der Waals surface area (Å²) in [6, 6.07) is 7.10. The van der Waals surface area contributed by atoms with Crippen molar-refractivity contribution in [1.29, 1.82) is 0 Å². The number of aryl methyl sites for hydroxylation is 1. The Morgan fingerprint density at radius 2 is 1.75 bits per heavy atom. The average molecular weight is 556 g/mol. The van der Waals surface area contributed by atoms with Crippen LogP contribution in [-0.4, -0.2) is 72.8 Å². The van der Waals surface area contributed by atoms with Gasteiger partial charge in [-0.3, -0.25) is 19.3 Å². The number of nitrogens with one attached hydrogen (secondary N) is 1. The highest BCUT2D eigenvalue weighted by atomic mass is 16.5. The van der Waals surface area contributed by atoms with Crippen molar-refractivity contribution < 1.29 is 19.1 Å². The number of amides is 2. The number of ether oxygens (including phenoxy) is 1. The van der Waals surface area contributed by atoms with E-state index < -0.39 is 11.5 Å². The fourth-order valence-corrected chi connectivity index (χ4v) is 5.21. The molecule has 1 aromatic carbocycles. The maximum Gasteiger partial charge on any atom is 0.245 e. The van der Waals surface area contributed by atoms with Crippen LogP contribution in [0.25, 0.3) is 0 Å². The number of rotatable bonds is 13. The van der Waals surface area contributed by atoms with Gasteiger partial charge in [-0.05, 0) is 67.8 Å². The smallest absolute Gasteiger partial charge is 0.245 e. The molecule has 7 heteroatoms. The SMILES string of the molecule is CCCc1ccc(COCC(=O)/C(C)=C/[C@H](C(C)C)N(C)C(=O)[C@@H](NC(=O)C2CCCCN2C)C(C)(C)C)cc1. The molecule has 1 fully saturated rings. The molecule has 1 unspecified atom stereocenters. The standard InChI is InChI=1S/C33H53N3O4/c1-10-13-25-15-17-26(18-16-25)21-40-22-29(37)24(4)20-28(23(2)3)36(9)32(39)30(33(5,6)7)34-31(38)27-14-11-12-19-35(27)8/h15-18,20,23,27-28,30H,10-14,19,21-22H2,1-9H3,(H,34,38)/b24-20+/t27?,28-,30-/m1/s1. The molecule has 0 radical (unpaired) electrons. The minimum atomic E-state index is -0.682. The largest absolute Gasteiger partial charge is 0.369 e. The number of carbonyl (C=O) groups excluding carboxylic acids is 3. The van der Waals surface area contributed by atoms with Crippen molar-refractivity contribution in [2.45, 2.75) is 105 Å². The molecule has 0 spiro atoms. The highest BCUT2D eigenvalue weighted by molar-refractivity contribution is 5.96. The van der Waals surface area contributed by atoms with E-state index in [1.807, 2.05) is 59.9 Å². The number of likely N-dealkylation sites (N-methyl/N-ethyl adjacent to an activating group) is 2. The summed E-state index contributed by atoms with van der Waals surface area (Å²) in [5.74, 6) is -0.281. The molecule has 3 atom stereocenters. The van der Waals surface area contributed by atoms with Crippen molar-refractivity contribution in [1.82, 2.24) is 15.1 Å². The molecule has 40 heavy (non-hydrogen) atoms. The van der Waals surface area contributed by atoms with Crippen molar-refractivity contribution >= 4 is 17.6 Å². The number of likely N-dealkylation sites (tertiary alicyclic amines) is 1. The van der Waals surface area contributed by atoms with Crippen molar-refractivity contribution in [3.05, 3.63) is 47.0 Å². The third-order valence-electron chi connectivity index (χ3n) is 7.87. The van der Waals surface area contributed by atoms with Crippen LogP contribution in [0.2, 0.25) is 0 Å². The van der Waals surface area contributed by atoms with E-state index in [4.69, 9.17) is 4.74 Å². The number of Topliss-reactive ketones (excluding diaryl/α,β-unsaturated/α-hetero) is 1. The number of piperidine rings is 1. The Morgan fingerprint density at radius 3 is 2.30 bits per heavy atom. The van der Waals surface area contributed by atoms with Gasteiger partial charge in [-0.2, -0.15) is 0 Å². The van der Waals surface area contributed by atoms with Crippen molar-refractivity contribution in [3.8, 4) is 0 Å². The summed E-state index contributed by atoms with van der Waals surface area (Å²) in [5, 5.41) is 3.08. The molecular weight excluding hydrogens is 502 g/mol. The summed E-state index contributed by atoms with van der Waals surface area (Å²) in [4.78, 5) is 43.7. The van der Waals surface area contributed by atoms with E-state index in [2.05, 4.69) is 29.3 Å². The summed E-state index contributed by atoms with van der Waals surface area (Å²) in [6.45, 7) is 15.2. The Kier molecular flexibility index (Phi) is 13.0. The zero-order chi connectivity index (χ0) is 30.0. The second-order valence-corrected chi connectivity index (χ2v) is 12.8. The monoisotopic (exact) mass is 555 g/mol. The maximum atomic E-state index is 13.8. The van der Waals surface area contributed by atoms with Crippen LogP contribution < -0.4 is 5.32 Å². The first-order chi connectivity index (χ1) is 18.8. The Bertz CT molecular complexity index is 1010. The van der Waals surface area contributed by atoms with E-state index in [1.54, 1.807) is 18.9 Å². The van der Waals surface area contributed by atoms with Crippen LogP contribution in [0.4, 0.5) is 0 Å². The van der Waals surface area contributed by atoms with Gasteiger partial charge in [-0.15, -0.1) is 0 Å². The summed E-state index contributed by atoms with van der Waals surface area (Å²) in [5.41, 5.74) is 2.42. The molecule has 1 aliphatic heterocycles. The molecule has 0 aromatic heterocycles. The predicted molar refractivity (Wildman–Crippen MR) is 162 cm³/mol. The van der Waals surface area contributed by atoms with E-state index in [0.29, 0.717) is 12.2 Å². The van der Waals surface area contributed by atoms with Gasteiger partial charge in [0.2, 0.25) is 11.8 Å². The highest BCUT2D eigenvalue weighted by Crippen LogP contribution is 2.25. The zero-order valence-corrected chi connectivity index (χ0v) is 26.4. The second-order valence-electron chi connectivity index (χ2n) is 12.8. The van der Waals surface area contributed by atoms with Gasteiger partial charge < -0.3 is 15.0 Å². The lowest BCUT2D eigenvalue weighted by Gasteiger charge is -2.39. The molecule has 1 aliphatic rings. The highest BCUT2D eigenvalue weighted by Gasteiger charge is 2.39. The Hall–Kier alpha value is -2.51. The van der Waals surface area contributed by atoms with Gasteiger partial charge in [0.15, 0.2) is 5.78 Å². The molecule has 224 valence electrons. The van der Waals surface area contributed by atoms with Crippen LogP contribution in [-0.2, 0) is 32.1 Å². The summed E-state index contributed by atoms with van der Waals surface area (Å²) in [6.07, 6.45) is 6.93. The van der Waals surface area contributed by atoms with Gasteiger partial charge in [0.1, 0.15) is 12.6 Å². The maximum absolute atomic E-state index is 13.8. The first-order valence-corrected chi connectivity index (χ1v) is 14.9. The zero-order valence-electron chi connectivity index (χ0n) is 26.4. The van der Waals surface area contributed by atoms with Crippen molar-refractivity contribution in [3.63, 3.8) is 0 Å². The predicted octanol–water partition coefficient (Wildman–Crippen LogP) is 5.17. The van der Waals surface area contributed by atoms with Gasteiger partial charge in [-0.1, -0.05) is 84.7 Å². The first kappa shape index (κ1) is 33.7. The number of carbonyl (C=O) groups is 3. The van der Waals surface area contributed by atoms with Gasteiger partial charge >= 0.3 is 0 Å². The molecule has 0 bridgehead atoms. The number of hydrogen-bond donors (Lipinski definition) is 1. The molecule has 2 rings (SSSR count). The minimum absolute atomic E-state index is 0.0168. The summed E-state index contributed by atoms with van der Waals surface area (Å²) in [7, 11) is 3.73.